The lowest BCUT2D eigenvalue weighted by atomic mass is 10.1. The highest BCUT2D eigenvalue weighted by molar-refractivity contribution is 5.94. The van der Waals surface area contributed by atoms with Gasteiger partial charge in [-0.15, -0.1) is 0 Å². The van der Waals surface area contributed by atoms with Crippen molar-refractivity contribution in [3.63, 3.8) is 0 Å². The standard InChI is InChI=1S/C16H20N2O4/c1-5-21-14-7-6-12(9-15(14)20-4)16(19)18(3)10-13-8-11(2)22-17-13/h6-9H,5,10H2,1-4H3. The lowest BCUT2D eigenvalue weighted by Crippen LogP contribution is -2.26. The second-order valence-electron chi connectivity index (χ2n) is 4.89. The van der Waals surface area contributed by atoms with Crippen molar-refractivity contribution in [3.8, 4) is 11.5 Å². The van der Waals surface area contributed by atoms with Crippen LogP contribution >= 0.6 is 0 Å². The second-order valence-corrected chi connectivity index (χ2v) is 4.89. The Hall–Kier alpha value is -2.50. The van der Waals surface area contributed by atoms with Crippen molar-refractivity contribution in [2.45, 2.75) is 20.4 Å². The van der Waals surface area contributed by atoms with Gasteiger partial charge in [0.05, 0.1) is 20.3 Å². The number of benzene rings is 1. The van der Waals surface area contributed by atoms with E-state index in [1.807, 2.05) is 19.9 Å². The highest BCUT2D eigenvalue weighted by atomic mass is 16.5. The van der Waals surface area contributed by atoms with Crippen molar-refractivity contribution in [1.82, 2.24) is 10.1 Å². The zero-order valence-electron chi connectivity index (χ0n) is 13.3. The molecule has 1 aromatic carbocycles. The van der Waals surface area contributed by atoms with Crippen molar-refractivity contribution in [2.24, 2.45) is 0 Å². The lowest BCUT2D eigenvalue weighted by molar-refractivity contribution is 0.0781. The number of ether oxygens (including phenoxy) is 2. The fourth-order valence-electron chi connectivity index (χ4n) is 2.10. The molecule has 22 heavy (non-hydrogen) atoms. The van der Waals surface area contributed by atoms with Crippen LogP contribution < -0.4 is 9.47 Å². The molecule has 0 radical (unpaired) electrons. The fraction of sp³-hybridized carbons (Fsp3) is 0.375. The van der Waals surface area contributed by atoms with Gasteiger partial charge in [-0.1, -0.05) is 5.16 Å². The largest absolute Gasteiger partial charge is 0.493 e. The van der Waals surface area contributed by atoms with Crippen LogP contribution in [0.4, 0.5) is 0 Å². The Morgan fingerprint density at radius 2 is 2.09 bits per heavy atom. The number of amides is 1. The van der Waals surface area contributed by atoms with Gasteiger partial charge in [-0.2, -0.15) is 0 Å². The first-order valence-corrected chi connectivity index (χ1v) is 7.03. The van der Waals surface area contributed by atoms with E-state index in [0.29, 0.717) is 35.9 Å². The fourth-order valence-corrected chi connectivity index (χ4v) is 2.10. The van der Waals surface area contributed by atoms with Crippen molar-refractivity contribution in [3.05, 3.63) is 41.3 Å². The number of aryl methyl sites for hydroxylation is 1. The van der Waals surface area contributed by atoms with Gasteiger partial charge >= 0.3 is 0 Å². The van der Waals surface area contributed by atoms with Gasteiger partial charge in [0.25, 0.3) is 5.91 Å². The molecule has 0 N–H and O–H groups in total. The van der Waals surface area contributed by atoms with Crippen LogP contribution in [0.25, 0.3) is 0 Å². The average molecular weight is 304 g/mol. The van der Waals surface area contributed by atoms with Gasteiger partial charge in [-0.25, -0.2) is 0 Å². The molecule has 1 aromatic heterocycles. The molecule has 0 atom stereocenters. The number of carbonyl (C=O) groups excluding carboxylic acids is 1. The molecule has 2 rings (SSSR count). The maximum atomic E-state index is 12.5. The molecule has 0 saturated carbocycles. The number of rotatable bonds is 6. The van der Waals surface area contributed by atoms with Crippen molar-refractivity contribution < 1.29 is 18.8 Å². The van der Waals surface area contributed by atoms with E-state index in [9.17, 15) is 4.79 Å². The zero-order chi connectivity index (χ0) is 16.1. The predicted octanol–water partition coefficient (Wildman–Crippen LogP) is 2.66. The highest BCUT2D eigenvalue weighted by Gasteiger charge is 2.16. The Morgan fingerprint density at radius 3 is 2.68 bits per heavy atom. The van der Waals surface area contributed by atoms with Gasteiger partial charge in [0.2, 0.25) is 0 Å². The third-order valence-corrected chi connectivity index (χ3v) is 3.13. The molecule has 1 heterocycles. The summed E-state index contributed by atoms with van der Waals surface area (Å²) in [6, 6.07) is 6.95. The summed E-state index contributed by atoms with van der Waals surface area (Å²) in [4.78, 5) is 14.0. The zero-order valence-corrected chi connectivity index (χ0v) is 13.3. The monoisotopic (exact) mass is 304 g/mol. The minimum absolute atomic E-state index is 0.123. The molecule has 0 saturated heterocycles. The number of carbonyl (C=O) groups is 1. The maximum Gasteiger partial charge on any atom is 0.254 e. The van der Waals surface area contributed by atoms with E-state index < -0.39 is 0 Å². The van der Waals surface area contributed by atoms with E-state index in [0.717, 1.165) is 5.76 Å². The summed E-state index contributed by atoms with van der Waals surface area (Å²) in [6.45, 7) is 4.63. The molecule has 0 spiro atoms. The Bertz CT molecular complexity index is 651. The smallest absolute Gasteiger partial charge is 0.254 e. The third kappa shape index (κ3) is 3.58. The van der Waals surface area contributed by atoms with Gasteiger partial charge in [-0.3, -0.25) is 4.79 Å². The molecule has 0 unspecified atom stereocenters. The molecular weight excluding hydrogens is 284 g/mol. The molecule has 0 aliphatic rings. The van der Waals surface area contributed by atoms with Crippen LogP contribution in [0.1, 0.15) is 28.7 Å². The van der Waals surface area contributed by atoms with E-state index in [4.69, 9.17) is 14.0 Å². The Morgan fingerprint density at radius 1 is 1.32 bits per heavy atom. The van der Waals surface area contributed by atoms with Crippen molar-refractivity contribution >= 4 is 5.91 Å². The van der Waals surface area contributed by atoms with Gasteiger partial charge in [-0.05, 0) is 32.0 Å². The molecule has 2 aromatic rings. The lowest BCUT2D eigenvalue weighted by Gasteiger charge is -2.17. The van der Waals surface area contributed by atoms with E-state index in [1.54, 1.807) is 37.3 Å². The Kier molecular flexibility index (Phi) is 5.04. The van der Waals surface area contributed by atoms with E-state index >= 15 is 0 Å². The highest BCUT2D eigenvalue weighted by Crippen LogP contribution is 2.28. The van der Waals surface area contributed by atoms with E-state index in [2.05, 4.69) is 5.16 Å². The van der Waals surface area contributed by atoms with Crippen LogP contribution in [-0.2, 0) is 6.54 Å². The topological polar surface area (TPSA) is 64.8 Å². The van der Waals surface area contributed by atoms with Crippen LogP contribution in [0, 0.1) is 6.92 Å². The molecule has 0 aliphatic heterocycles. The molecular formula is C16H20N2O4. The van der Waals surface area contributed by atoms with E-state index in [1.165, 1.54) is 0 Å². The number of hydrogen-bond acceptors (Lipinski definition) is 5. The molecule has 0 bridgehead atoms. The first kappa shape index (κ1) is 15.9. The first-order chi connectivity index (χ1) is 10.5. The van der Waals surface area contributed by atoms with Crippen LogP contribution in [0.3, 0.4) is 0 Å². The third-order valence-electron chi connectivity index (χ3n) is 3.13. The number of nitrogens with zero attached hydrogens (tertiary/aromatic N) is 2. The van der Waals surface area contributed by atoms with Gasteiger partial charge < -0.3 is 18.9 Å². The Balaban J connectivity index is 2.14. The molecule has 0 fully saturated rings. The Labute approximate surface area is 129 Å². The SMILES string of the molecule is CCOc1ccc(C(=O)N(C)Cc2cc(C)on2)cc1OC. The molecule has 6 nitrogen and oxygen atoms in total. The summed E-state index contributed by atoms with van der Waals surface area (Å²) >= 11 is 0. The molecule has 118 valence electrons. The minimum Gasteiger partial charge on any atom is -0.493 e. The van der Waals surface area contributed by atoms with Crippen LogP contribution in [-0.4, -0.2) is 36.7 Å². The number of aromatic nitrogens is 1. The van der Waals surface area contributed by atoms with Crippen LogP contribution in [0.5, 0.6) is 11.5 Å². The van der Waals surface area contributed by atoms with Crippen LogP contribution in [0.2, 0.25) is 0 Å². The predicted molar refractivity (Wildman–Crippen MR) is 81.2 cm³/mol. The quantitative estimate of drug-likeness (QED) is 0.821. The molecule has 0 aliphatic carbocycles. The number of methoxy groups -OCH3 is 1. The second kappa shape index (κ2) is 6.98. The summed E-state index contributed by atoms with van der Waals surface area (Å²) in [6.07, 6.45) is 0. The van der Waals surface area contributed by atoms with Crippen molar-refractivity contribution in [1.29, 1.82) is 0 Å². The average Bonchev–Trinajstić information content (AvgIpc) is 2.92. The van der Waals surface area contributed by atoms with Gasteiger partial charge in [0.15, 0.2) is 11.5 Å². The van der Waals surface area contributed by atoms with Gasteiger partial charge in [0, 0.05) is 18.7 Å². The van der Waals surface area contributed by atoms with E-state index in [-0.39, 0.29) is 5.91 Å². The minimum atomic E-state index is -0.123. The summed E-state index contributed by atoms with van der Waals surface area (Å²) < 4.78 is 15.7. The van der Waals surface area contributed by atoms with Gasteiger partial charge in [0.1, 0.15) is 11.5 Å². The first-order valence-electron chi connectivity index (χ1n) is 7.03. The van der Waals surface area contributed by atoms with Crippen molar-refractivity contribution in [2.75, 3.05) is 20.8 Å². The summed E-state index contributed by atoms with van der Waals surface area (Å²) in [5, 5.41) is 3.89. The molecule has 1 amide bonds. The summed E-state index contributed by atoms with van der Waals surface area (Å²) in [5.41, 5.74) is 1.24. The maximum absolute atomic E-state index is 12.5. The summed E-state index contributed by atoms with van der Waals surface area (Å²) in [5.74, 6) is 1.76. The van der Waals surface area contributed by atoms with Crippen LogP contribution in [0.15, 0.2) is 28.8 Å². The molecule has 6 heteroatoms. The summed E-state index contributed by atoms with van der Waals surface area (Å²) in [7, 11) is 3.27. The number of hydrogen-bond donors (Lipinski definition) is 0. The normalized spacial score (nSPS) is 10.4.